The molecule has 1 aliphatic heterocycles. The van der Waals surface area contributed by atoms with Gasteiger partial charge in [0, 0.05) is 17.5 Å². The molecular formula is C39H28N2O6. The SMILES string of the molecule is O=C(COC(=O)c1ccc(N2C(=O)[C@@H]3C4c5ccccc5C(c5ccccc54)[C@@H]3C2=O)cc1)Nc1ccc(Oc2ccccc2)cc1. The van der Waals surface area contributed by atoms with E-state index in [4.69, 9.17) is 9.47 Å². The fourth-order valence-corrected chi connectivity index (χ4v) is 7.32. The summed E-state index contributed by atoms with van der Waals surface area (Å²) in [7, 11) is 0. The van der Waals surface area contributed by atoms with E-state index in [1.54, 1.807) is 36.4 Å². The van der Waals surface area contributed by atoms with Crippen molar-refractivity contribution in [2.24, 2.45) is 11.8 Å². The minimum Gasteiger partial charge on any atom is -0.457 e. The van der Waals surface area contributed by atoms with E-state index in [1.165, 1.54) is 17.0 Å². The van der Waals surface area contributed by atoms with Crippen LogP contribution in [0.2, 0.25) is 0 Å². The van der Waals surface area contributed by atoms with Gasteiger partial charge in [0.25, 0.3) is 5.91 Å². The monoisotopic (exact) mass is 620 g/mol. The first-order chi connectivity index (χ1) is 23.0. The van der Waals surface area contributed by atoms with Crippen LogP contribution >= 0.6 is 0 Å². The molecule has 8 heteroatoms. The molecule has 47 heavy (non-hydrogen) atoms. The first-order valence-electron chi connectivity index (χ1n) is 15.4. The number of nitrogens with zero attached hydrogens (tertiary/aromatic N) is 1. The van der Waals surface area contributed by atoms with Gasteiger partial charge < -0.3 is 14.8 Å². The predicted molar refractivity (Wildman–Crippen MR) is 174 cm³/mol. The number of hydrogen-bond donors (Lipinski definition) is 1. The Labute approximate surface area is 270 Å². The van der Waals surface area contributed by atoms with Crippen LogP contribution in [0.15, 0.2) is 127 Å². The van der Waals surface area contributed by atoms with E-state index in [1.807, 2.05) is 54.6 Å². The van der Waals surface area contributed by atoms with Crippen molar-refractivity contribution < 1.29 is 28.7 Å². The molecule has 1 N–H and O–H groups in total. The van der Waals surface area contributed by atoms with Crippen LogP contribution in [-0.4, -0.2) is 30.3 Å². The van der Waals surface area contributed by atoms with Crippen LogP contribution in [0, 0.1) is 11.8 Å². The van der Waals surface area contributed by atoms with E-state index in [2.05, 4.69) is 29.6 Å². The first-order valence-corrected chi connectivity index (χ1v) is 15.4. The fourth-order valence-electron chi connectivity index (χ4n) is 7.32. The van der Waals surface area contributed by atoms with Crippen LogP contribution in [0.3, 0.4) is 0 Å². The lowest BCUT2D eigenvalue weighted by atomic mass is 9.55. The van der Waals surface area contributed by atoms with Gasteiger partial charge in [0.1, 0.15) is 11.5 Å². The predicted octanol–water partition coefficient (Wildman–Crippen LogP) is 6.67. The minimum atomic E-state index is -0.699. The number of rotatable bonds is 7. The molecule has 3 amide bonds. The lowest BCUT2D eigenvalue weighted by Gasteiger charge is -2.45. The number of benzene rings is 5. The summed E-state index contributed by atoms with van der Waals surface area (Å²) in [6.45, 7) is -0.487. The Hall–Kier alpha value is -6.02. The molecule has 5 aromatic rings. The second-order valence-electron chi connectivity index (χ2n) is 11.9. The maximum absolute atomic E-state index is 14.0. The molecular weight excluding hydrogens is 592 g/mol. The molecule has 1 heterocycles. The third-order valence-electron chi connectivity index (χ3n) is 9.26. The second kappa shape index (κ2) is 11.4. The summed E-state index contributed by atoms with van der Waals surface area (Å²) in [5.41, 5.74) is 5.55. The van der Waals surface area contributed by atoms with Gasteiger partial charge in [0.15, 0.2) is 6.61 Å². The van der Waals surface area contributed by atoms with Crippen molar-refractivity contribution in [1.29, 1.82) is 0 Å². The van der Waals surface area contributed by atoms with Crippen molar-refractivity contribution in [3.63, 3.8) is 0 Å². The van der Waals surface area contributed by atoms with Crippen molar-refractivity contribution in [2.75, 3.05) is 16.8 Å². The Morgan fingerprint density at radius 2 is 1.09 bits per heavy atom. The topological polar surface area (TPSA) is 102 Å². The standard InChI is InChI=1S/C39H28N2O6/c42-32(40-24-16-20-27(21-17-24)47-26-8-2-1-3-9-26)22-46-39(45)23-14-18-25(19-15-23)41-37(43)35-33-28-10-4-5-11-29(28)34(36(35)38(41)44)31-13-7-6-12-30(31)33/h1-21,33-36H,22H2,(H,40,42)/t33?,34?,35-,36+. The summed E-state index contributed by atoms with van der Waals surface area (Å²) in [6, 6.07) is 38.5. The lowest BCUT2D eigenvalue weighted by molar-refractivity contribution is -0.122. The highest BCUT2D eigenvalue weighted by molar-refractivity contribution is 6.23. The zero-order valence-corrected chi connectivity index (χ0v) is 25.0. The lowest BCUT2D eigenvalue weighted by Crippen LogP contribution is -2.41. The van der Waals surface area contributed by atoms with E-state index in [0.29, 0.717) is 22.9 Å². The summed E-state index contributed by atoms with van der Waals surface area (Å²) in [4.78, 5) is 54.4. The molecule has 1 fully saturated rings. The molecule has 230 valence electrons. The van der Waals surface area contributed by atoms with Crippen LogP contribution in [0.4, 0.5) is 11.4 Å². The van der Waals surface area contributed by atoms with E-state index < -0.39 is 30.3 Å². The summed E-state index contributed by atoms with van der Waals surface area (Å²) >= 11 is 0. The smallest absolute Gasteiger partial charge is 0.338 e. The van der Waals surface area contributed by atoms with Gasteiger partial charge in [0.05, 0.1) is 23.1 Å². The van der Waals surface area contributed by atoms with Crippen molar-refractivity contribution in [3.8, 4) is 11.5 Å². The minimum absolute atomic E-state index is 0.195. The highest BCUT2D eigenvalue weighted by atomic mass is 16.5. The first kappa shape index (κ1) is 28.5. The number of ether oxygens (including phenoxy) is 2. The molecule has 4 aliphatic rings. The largest absolute Gasteiger partial charge is 0.457 e. The van der Waals surface area contributed by atoms with Gasteiger partial charge in [-0.3, -0.25) is 14.4 Å². The van der Waals surface area contributed by atoms with Gasteiger partial charge in [-0.2, -0.15) is 0 Å². The average molecular weight is 621 g/mol. The molecule has 5 aromatic carbocycles. The quantitative estimate of drug-likeness (QED) is 0.161. The van der Waals surface area contributed by atoms with Crippen LogP contribution < -0.4 is 15.0 Å². The number of imide groups is 1. The highest BCUT2D eigenvalue weighted by Crippen LogP contribution is 2.61. The fraction of sp³-hybridized carbons (Fsp3) is 0.128. The van der Waals surface area contributed by atoms with Crippen LogP contribution in [0.25, 0.3) is 0 Å². The molecule has 2 bridgehead atoms. The van der Waals surface area contributed by atoms with Gasteiger partial charge in [-0.15, -0.1) is 0 Å². The molecule has 3 aliphatic carbocycles. The Balaban J connectivity index is 0.923. The molecule has 0 spiro atoms. The average Bonchev–Trinajstić information content (AvgIpc) is 3.38. The summed E-state index contributed by atoms with van der Waals surface area (Å²) in [6.07, 6.45) is 0. The maximum atomic E-state index is 14.0. The molecule has 9 rings (SSSR count). The van der Waals surface area contributed by atoms with Crippen molar-refractivity contribution in [1.82, 2.24) is 0 Å². The van der Waals surface area contributed by atoms with Gasteiger partial charge in [-0.1, -0.05) is 66.7 Å². The summed E-state index contributed by atoms with van der Waals surface area (Å²) in [5.74, 6) is -1.72. The number of carbonyl (C=O) groups is 4. The Morgan fingerprint density at radius 1 is 0.596 bits per heavy atom. The molecule has 2 atom stereocenters. The third kappa shape index (κ3) is 4.86. The molecule has 0 saturated carbocycles. The van der Waals surface area contributed by atoms with Crippen molar-refractivity contribution >= 4 is 35.1 Å². The van der Waals surface area contributed by atoms with Crippen molar-refractivity contribution in [2.45, 2.75) is 11.8 Å². The van der Waals surface area contributed by atoms with Gasteiger partial charge in [0.2, 0.25) is 11.8 Å². The van der Waals surface area contributed by atoms with Crippen LogP contribution in [0.5, 0.6) is 11.5 Å². The molecule has 0 radical (unpaired) electrons. The van der Waals surface area contributed by atoms with Crippen molar-refractivity contribution in [3.05, 3.63) is 155 Å². The number of amides is 3. The normalized spacial score (nSPS) is 20.2. The zero-order chi connectivity index (χ0) is 32.1. The number of esters is 1. The van der Waals surface area contributed by atoms with E-state index in [0.717, 1.165) is 22.3 Å². The van der Waals surface area contributed by atoms with E-state index >= 15 is 0 Å². The molecule has 0 unspecified atom stereocenters. The Bertz CT molecular complexity index is 1930. The van der Waals surface area contributed by atoms with E-state index in [-0.39, 0.29) is 29.2 Å². The van der Waals surface area contributed by atoms with E-state index in [9.17, 15) is 19.2 Å². The summed E-state index contributed by atoms with van der Waals surface area (Å²) in [5, 5.41) is 2.69. The van der Waals surface area contributed by atoms with Gasteiger partial charge >= 0.3 is 5.97 Å². The summed E-state index contributed by atoms with van der Waals surface area (Å²) < 4.78 is 11.0. The van der Waals surface area contributed by atoms with Gasteiger partial charge in [-0.25, -0.2) is 9.69 Å². The highest BCUT2D eigenvalue weighted by Gasteiger charge is 2.61. The maximum Gasteiger partial charge on any atom is 0.338 e. The molecule has 1 saturated heterocycles. The molecule has 8 nitrogen and oxygen atoms in total. The van der Waals surface area contributed by atoms with Crippen LogP contribution in [-0.2, 0) is 19.1 Å². The molecule has 0 aromatic heterocycles. The number of hydrogen-bond acceptors (Lipinski definition) is 6. The Morgan fingerprint density at radius 3 is 1.62 bits per heavy atom. The van der Waals surface area contributed by atoms with Crippen LogP contribution in [0.1, 0.15) is 44.4 Å². The Kier molecular flexibility index (Phi) is 6.90. The number of carbonyl (C=O) groups excluding carboxylic acids is 4. The number of anilines is 2. The number of nitrogens with one attached hydrogen (secondary N) is 1. The third-order valence-corrected chi connectivity index (χ3v) is 9.26. The van der Waals surface area contributed by atoms with Gasteiger partial charge in [-0.05, 0) is 82.9 Å². The zero-order valence-electron chi connectivity index (χ0n) is 25.0. The second-order valence-corrected chi connectivity index (χ2v) is 11.9. The number of para-hydroxylation sites is 1.